The minimum absolute atomic E-state index is 0.0843. The smallest absolute Gasteiger partial charge is 0.234 e. The molecule has 0 atom stereocenters. The van der Waals surface area contributed by atoms with Gasteiger partial charge in [-0.15, -0.1) is 10.2 Å². The highest BCUT2D eigenvalue weighted by Gasteiger charge is 2.16. The molecule has 0 unspecified atom stereocenters. The minimum Gasteiger partial charge on any atom is -0.493 e. The Morgan fingerprint density at radius 1 is 0.941 bits per heavy atom. The molecule has 1 aromatic heterocycles. The van der Waals surface area contributed by atoms with E-state index in [0.717, 1.165) is 0 Å². The minimum atomic E-state index is -0.232. The Hall–Kier alpha value is -4.18. The van der Waals surface area contributed by atoms with Crippen molar-refractivity contribution in [3.63, 3.8) is 0 Å². The summed E-state index contributed by atoms with van der Waals surface area (Å²) < 4.78 is 17.8. The quantitative estimate of drug-likeness (QED) is 0.272. The molecule has 1 heterocycles. The monoisotopic (exact) mass is 477 g/mol. The molecule has 0 saturated heterocycles. The van der Waals surface area contributed by atoms with Gasteiger partial charge in [0.05, 0.1) is 25.7 Å². The molecule has 0 saturated carbocycles. The fourth-order valence-corrected chi connectivity index (χ4v) is 3.79. The number of hydrogen-bond acceptors (Lipinski definition) is 8. The van der Waals surface area contributed by atoms with Gasteiger partial charge in [0.25, 0.3) is 0 Å². The number of methoxy groups -OCH3 is 2. The molecule has 174 valence electrons. The van der Waals surface area contributed by atoms with Gasteiger partial charge in [0.2, 0.25) is 11.1 Å². The van der Waals surface area contributed by atoms with Crippen LogP contribution in [0, 0.1) is 0 Å². The number of nitrogens with two attached hydrogens (primary N) is 1. The summed E-state index contributed by atoms with van der Waals surface area (Å²) in [6.07, 6.45) is 0. The van der Waals surface area contributed by atoms with Crippen molar-refractivity contribution >= 4 is 23.4 Å². The third-order valence-corrected chi connectivity index (χ3v) is 5.71. The van der Waals surface area contributed by atoms with Gasteiger partial charge in [0, 0.05) is 5.56 Å². The summed E-state index contributed by atoms with van der Waals surface area (Å²) in [6, 6.07) is 21.9. The topological polar surface area (TPSA) is 114 Å². The van der Waals surface area contributed by atoms with Crippen LogP contribution in [0.2, 0.25) is 0 Å². The van der Waals surface area contributed by atoms with Gasteiger partial charge in [-0.3, -0.25) is 4.79 Å². The molecule has 0 bridgehead atoms. The molecule has 0 spiro atoms. The summed E-state index contributed by atoms with van der Waals surface area (Å²) in [4.78, 5) is 12.6. The van der Waals surface area contributed by atoms with E-state index in [1.165, 1.54) is 16.4 Å². The molecule has 0 fully saturated rings. The zero-order chi connectivity index (χ0) is 23.9. The van der Waals surface area contributed by atoms with Gasteiger partial charge in [-0.1, -0.05) is 42.1 Å². The Morgan fingerprint density at radius 3 is 2.44 bits per heavy atom. The maximum absolute atomic E-state index is 12.6. The van der Waals surface area contributed by atoms with Crippen molar-refractivity contribution in [3.8, 4) is 34.4 Å². The average Bonchev–Trinajstić information content (AvgIpc) is 3.24. The van der Waals surface area contributed by atoms with Crippen LogP contribution in [0.5, 0.6) is 23.0 Å². The number of thioether (sulfide) groups is 1. The van der Waals surface area contributed by atoms with Gasteiger partial charge in [-0.05, 0) is 42.5 Å². The summed E-state index contributed by atoms with van der Waals surface area (Å²) in [5, 5.41) is 11.5. The number of carbonyl (C=O) groups excluding carboxylic acids is 1. The zero-order valence-corrected chi connectivity index (χ0v) is 19.4. The van der Waals surface area contributed by atoms with Crippen LogP contribution in [0.4, 0.5) is 5.69 Å². The SMILES string of the molecule is COc1ccc(-c2nnc(SCC(=O)Nc3ccccc3Oc3ccccc3)n2N)cc1OC. The maximum Gasteiger partial charge on any atom is 0.234 e. The summed E-state index contributed by atoms with van der Waals surface area (Å²) in [6.45, 7) is 0. The molecule has 0 radical (unpaired) electrons. The molecule has 0 aliphatic carbocycles. The Bertz CT molecular complexity index is 1280. The standard InChI is InChI=1S/C24H23N5O4S/c1-31-20-13-12-16(14-21(20)32-2)23-27-28-24(29(23)25)34-15-22(30)26-18-10-6-7-11-19(18)33-17-8-4-3-5-9-17/h3-14H,15,25H2,1-2H3,(H,26,30). The van der Waals surface area contributed by atoms with E-state index in [9.17, 15) is 4.79 Å². The fraction of sp³-hybridized carbons (Fsp3) is 0.125. The Labute approximate surface area is 200 Å². The number of ether oxygens (including phenoxy) is 3. The Morgan fingerprint density at radius 2 is 1.68 bits per heavy atom. The van der Waals surface area contributed by atoms with Gasteiger partial charge in [0.15, 0.2) is 23.1 Å². The van der Waals surface area contributed by atoms with Gasteiger partial charge in [-0.2, -0.15) is 0 Å². The molecule has 3 aromatic carbocycles. The van der Waals surface area contributed by atoms with Gasteiger partial charge in [0.1, 0.15) is 5.75 Å². The first-order valence-corrected chi connectivity index (χ1v) is 11.2. The highest BCUT2D eigenvalue weighted by atomic mass is 32.2. The maximum atomic E-state index is 12.6. The number of anilines is 1. The highest BCUT2D eigenvalue weighted by molar-refractivity contribution is 7.99. The Kier molecular flexibility index (Phi) is 7.19. The number of nitrogens with one attached hydrogen (secondary N) is 1. The second-order valence-corrected chi connectivity index (χ2v) is 7.94. The third-order valence-electron chi connectivity index (χ3n) is 4.77. The summed E-state index contributed by atoms with van der Waals surface area (Å²) in [5.41, 5.74) is 1.27. The molecule has 4 rings (SSSR count). The van der Waals surface area contributed by atoms with E-state index < -0.39 is 0 Å². The lowest BCUT2D eigenvalue weighted by atomic mass is 10.2. The highest BCUT2D eigenvalue weighted by Crippen LogP contribution is 2.32. The normalized spacial score (nSPS) is 10.5. The van der Waals surface area contributed by atoms with Crippen LogP contribution in [0.1, 0.15) is 0 Å². The average molecular weight is 478 g/mol. The van der Waals surface area contributed by atoms with Crippen LogP contribution >= 0.6 is 11.8 Å². The molecule has 3 N–H and O–H groups in total. The van der Waals surface area contributed by atoms with Crippen LogP contribution in [-0.2, 0) is 4.79 Å². The van der Waals surface area contributed by atoms with Crippen molar-refractivity contribution in [1.82, 2.24) is 14.9 Å². The molecule has 10 heteroatoms. The van der Waals surface area contributed by atoms with Crippen LogP contribution in [0.15, 0.2) is 78.0 Å². The van der Waals surface area contributed by atoms with E-state index in [0.29, 0.717) is 45.2 Å². The first-order chi connectivity index (χ1) is 16.6. The van der Waals surface area contributed by atoms with Gasteiger partial charge in [-0.25, -0.2) is 4.68 Å². The van der Waals surface area contributed by atoms with Crippen LogP contribution < -0.4 is 25.4 Å². The molecule has 0 aliphatic rings. The lowest BCUT2D eigenvalue weighted by molar-refractivity contribution is -0.113. The number of amides is 1. The predicted molar refractivity (Wildman–Crippen MR) is 131 cm³/mol. The first kappa shape index (κ1) is 23.0. The number of nitrogen functional groups attached to an aromatic ring is 1. The van der Waals surface area contributed by atoms with E-state index in [4.69, 9.17) is 20.1 Å². The molecule has 9 nitrogen and oxygen atoms in total. The summed E-state index contributed by atoms with van der Waals surface area (Å²) in [5.74, 6) is 8.85. The van der Waals surface area contributed by atoms with Crippen molar-refractivity contribution in [2.75, 3.05) is 31.1 Å². The number of aromatic nitrogens is 3. The van der Waals surface area contributed by atoms with E-state index in [1.54, 1.807) is 44.6 Å². The van der Waals surface area contributed by atoms with E-state index in [1.807, 2.05) is 42.5 Å². The molecule has 0 aliphatic heterocycles. The molecule has 34 heavy (non-hydrogen) atoms. The second-order valence-electron chi connectivity index (χ2n) is 6.99. The largest absolute Gasteiger partial charge is 0.493 e. The van der Waals surface area contributed by atoms with Crippen molar-refractivity contribution in [2.24, 2.45) is 0 Å². The number of nitrogens with zero attached hydrogens (tertiary/aromatic N) is 3. The number of para-hydroxylation sites is 3. The fourth-order valence-electron chi connectivity index (χ4n) is 3.14. The number of benzene rings is 3. The van der Waals surface area contributed by atoms with Crippen LogP contribution in [-0.4, -0.2) is 40.8 Å². The summed E-state index contributed by atoms with van der Waals surface area (Å²) >= 11 is 1.17. The lowest BCUT2D eigenvalue weighted by Crippen LogP contribution is -2.16. The first-order valence-electron chi connectivity index (χ1n) is 10.3. The van der Waals surface area contributed by atoms with E-state index >= 15 is 0 Å². The van der Waals surface area contributed by atoms with Crippen molar-refractivity contribution < 1.29 is 19.0 Å². The lowest BCUT2D eigenvalue weighted by Gasteiger charge is -2.12. The number of rotatable bonds is 9. The molecule has 1 amide bonds. The third kappa shape index (κ3) is 5.24. The van der Waals surface area contributed by atoms with E-state index in [-0.39, 0.29) is 11.7 Å². The number of carbonyl (C=O) groups is 1. The summed E-state index contributed by atoms with van der Waals surface area (Å²) in [7, 11) is 3.12. The van der Waals surface area contributed by atoms with Crippen molar-refractivity contribution in [2.45, 2.75) is 5.16 Å². The molecular weight excluding hydrogens is 454 g/mol. The van der Waals surface area contributed by atoms with Crippen molar-refractivity contribution in [1.29, 1.82) is 0 Å². The van der Waals surface area contributed by atoms with Gasteiger partial charge >= 0.3 is 0 Å². The Balaban J connectivity index is 1.42. The molecule has 4 aromatic rings. The zero-order valence-electron chi connectivity index (χ0n) is 18.6. The van der Waals surface area contributed by atoms with Crippen molar-refractivity contribution in [3.05, 3.63) is 72.8 Å². The second kappa shape index (κ2) is 10.6. The predicted octanol–water partition coefficient (Wildman–Crippen LogP) is 4.20. The van der Waals surface area contributed by atoms with Gasteiger partial charge < -0.3 is 25.4 Å². The number of hydrogen-bond donors (Lipinski definition) is 2. The van der Waals surface area contributed by atoms with Crippen LogP contribution in [0.25, 0.3) is 11.4 Å². The van der Waals surface area contributed by atoms with E-state index in [2.05, 4.69) is 15.5 Å². The van der Waals surface area contributed by atoms with Crippen LogP contribution in [0.3, 0.4) is 0 Å². The molecular formula is C24H23N5O4S.